The zero-order chi connectivity index (χ0) is 35.5. The number of ether oxygens (including phenoxy) is 2. The lowest BCUT2D eigenvalue weighted by atomic mass is 9.87. The highest BCUT2D eigenvalue weighted by Gasteiger charge is 2.16. The topological polar surface area (TPSA) is 66.0 Å². The third kappa shape index (κ3) is 7.62. The van der Waals surface area contributed by atoms with E-state index in [-0.39, 0.29) is 10.8 Å². The molecule has 0 radical (unpaired) electrons. The first-order valence-electron chi connectivity index (χ1n) is 16.8. The molecule has 0 N–H and O–H groups in total. The van der Waals surface area contributed by atoms with Crippen molar-refractivity contribution < 1.29 is 9.47 Å². The van der Waals surface area contributed by atoms with Gasteiger partial charge in [0.25, 0.3) is 0 Å². The maximum Gasteiger partial charge on any atom is 0.145 e. The van der Waals surface area contributed by atoms with E-state index in [0.29, 0.717) is 34.1 Å². The summed E-state index contributed by atoms with van der Waals surface area (Å²) >= 11 is 0. The van der Waals surface area contributed by atoms with Crippen molar-refractivity contribution in [3.8, 4) is 68.5 Å². The minimum Gasteiger partial charge on any atom is -0.456 e. The summed E-state index contributed by atoms with van der Waals surface area (Å²) in [5.41, 5.74) is 9.62. The minimum atomic E-state index is 0.0595. The lowest BCUT2D eigenvalue weighted by Gasteiger charge is -2.19. The Morgan fingerprint density at radius 2 is 0.660 bits per heavy atom. The third-order valence-electron chi connectivity index (χ3n) is 8.87. The molecule has 0 unspecified atom stereocenters. The van der Waals surface area contributed by atoms with Crippen molar-refractivity contribution in [2.75, 3.05) is 0 Å². The maximum absolute atomic E-state index is 9.90. The van der Waals surface area contributed by atoms with Gasteiger partial charge in [0.1, 0.15) is 35.1 Å². The van der Waals surface area contributed by atoms with Crippen LogP contribution in [0, 0.1) is 22.7 Å². The van der Waals surface area contributed by atoms with E-state index in [0.717, 1.165) is 33.4 Å². The van der Waals surface area contributed by atoms with Crippen molar-refractivity contribution in [3.63, 3.8) is 0 Å². The van der Waals surface area contributed by atoms with E-state index in [1.54, 1.807) is 0 Å². The molecule has 0 aromatic heterocycles. The standard InChI is InChI=1S/C46H40N2O2/c1-45(2,3)39-17-21-41(22-18-39)49-43-25-15-35(27-37(43)29-47)33-11-7-31(8-12-33)32-9-13-34(14-10-32)36-16-26-44(38(28-36)30-48)50-42-23-19-40(20-24-42)46(4,5)6/h7-28H,1-6H3. The lowest BCUT2D eigenvalue weighted by Crippen LogP contribution is -2.10. The summed E-state index contributed by atoms with van der Waals surface area (Å²) in [7, 11) is 0. The average Bonchev–Trinajstić information content (AvgIpc) is 3.12. The van der Waals surface area contributed by atoms with Crippen LogP contribution in [0.2, 0.25) is 0 Å². The Labute approximate surface area is 295 Å². The Kier molecular flexibility index (Phi) is 9.32. The van der Waals surface area contributed by atoms with Gasteiger partial charge in [-0.15, -0.1) is 0 Å². The Hall–Kier alpha value is -6.10. The van der Waals surface area contributed by atoms with E-state index in [2.05, 4.69) is 126 Å². The van der Waals surface area contributed by atoms with Gasteiger partial charge in [0.2, 0.25) is 0 Å². The molecule has 246 valence electrons. The number of hydrogen-bond acceptors (Lipinski definition) is 4. The van der Waals surface area contributed by atoms with E-state index in [1.807, 2.05) is 60.7 Å². The minimum absolute atomic E-state index is 0.0595. The molecule has 0 aliphatic carbocycles. The van der Waals surface area contributed by atoms with Crippen molar-refractivity contribution in [2.24, 2.45) is 0 Å². The molecule has 0 atom stereocenters. The molecule has 4 nitrogen and oxygen atoms in total. The Balaban J connectivity index is 1.14. The first-order valence-corrected chi connectivity index (χ1v) is 16.8. The Bertz CT molecular complexity index is 2040. The van der Waals surface area contributed by atoms with E-state index in [1.165, 1.54) is 11.1 Å². The third-order valence-corrected chi connectivity index (χ3v) is 8.87. The Morgan fingerprint density at radius 3 is 0.940 bits per heavy atom. The highest BCUT2D eigenvalue weighted by Crippen LogP contribution is 2.35. The van der Waals surface area contributed by atoms with Crippen molar-refractivity contribution in [1.82, 2.24) is 0 Å². The molecule has 0 aliphatic heterocycles. The molecular weight excluding hydrogens is 613 g/mol. The highest BCUT2D eigenvalue weighted by atomic mass is 16.5. The summed E-state index contributed by atoms with van der Waals surface area (Å²) in [5.74, 6) is 2.47. The summed E-state index contributed by atoms with van der Waals surface area (Å²) in [5, 5.41) is 19.8. The molecule has 0 saturated heterocycles. The monoisotopic (exact) mass is 652 g/mol. The van der Waals surface area contributed by atoms with Gasteiger partial charge in [-0.25, -0.2) is 0 Å². The van der Waals surface area contributed by atoms with E-state index < -0.39 is 0 Å². The van der Waals surface area contributed by atoms with Gasteiger partial charge >= 0.3 is 0 Å². The summed E-state index contributed by atoms with van der Waals surface area (Å²) < 4.78 is 12.2. The predicted molar refractivity (Wildman–Crippen MR) is 203 cm³/mol. The zero-order valence-corrected chi connectivity index (χ0v) is 29.4. The van der Waals surface area contributed by atoms with Gasteiger partial charge < -0.3 is 9.47 Å². The van der Waals surface area contributed by atoms with Crippen molar-refractivity contribution in [2.45, 2.75) is 52.4 Å². The predicted octanol–water partition coefficient (Wildman–Crippen LogP) is 12.6. The molecule has 0 spiro atoms. The van der Waals surface area contributed by atoms with Crippen molar-refractivity contribution in [1.29, 1.82) is 10.5 Å². The van der Waals surface area contributed by atoms with Crippen LogP contribution in [0.5, 0.6) is 23.0 Å². The van der Waals surface area contributed by atoms with Gasteiger partial charge in [-0.1, -0.05) is 126 Å². The normalized spacial score (nSPS) is 11.4. The van der Waals surface area contributed by atoms with Gasteiger partial charge in [0.05, 0.1) is 11.1 Å². The van der Waals surface area contributed by atoms with Gasteiger partial charge in [-0.3, -0.25) is 0 Å². The van der Waals surface area contributed by atoms with E-state index >= 15 is 0 Å². The van der Waals surface area contributed by atoms with Crippen LogP contribution in [0.25, 0.3) is 33.4 Å². The summed E-state index contributed by atoms with van der Waals surface area (Å²) in [4.78, 5) is 0. The molecule has 6 aromatic carbocycles. The molecule has 0 heterocycles. The lowest BCUT2D eigenvalue weighted by molar-refractivity contribution is 0.479. The fraction of sp³-hybridized carbons (Fsp3) is 0.174. The summed E-state index contributed by atoms with van der Waals surface area (Å²) in [6, 6.07) is 48.7. The average molecular weight is 653 g/mol. The molecule has 50 heavy (non-hydrogen) atoms. The molecular formula is C46H40N2O2. The highest BCUT2D eigenvalue weighted by molar-refractivity contribution is 5.75. The van der Waals surface area contributed by atoms with Gasteiger partial charge in [0.15, 0.2) is 0 Å². The van der Waals surface area contributed by atoms with Crippen LogP contribution in [-0.4, -0.2) is 0 Å². The summed E-state index contributed by atoms with van der Waals surface area (Å²) in [6.07, 6.45) is 0. The number of nitrogens with zero attached hydrogens (tertiary/aromatic N) is 2. The first kappa shape index (κ1) is 33.8. The van der Waals surface area contributed by atoms with E-state index in [4.69, 9.17) is 9.47 Å². The summed E-state index contributed by atoms with van der Waals surface area (Å²) in [6.45, 7) is 13.1. The van der Waals surface area contributed by atoms with Crippen LogP contribution in [0.4, 0.5) is 0 Å². The van der Waals surface area contributed by atoms with Crippen molar-refractivity contribution in [3.05, 3.63) is 156 Å². The number of nitriles is 2. The molecule has 0 aliphatic rings. The molecule has 4 heteroatoms. The molecule has 6 rings (SSSR count). The molecule has 0 fully saturated rings. The quantitative estimate of drug-likeness (QED) is 0.172. The van der Waals surface area contributed by atoms with Crippen molar-refractivity contribution >= 4 is 0 Å². The van der Waals surface area contributed by atoms with Gasteiger partial charge in [-0.2, -0.15) is 10.5 Å². The fourth-order valence-corrected chi connectivity index (χ4v) is 5.78. The second-order valence-corrected chi connectivity index (χ2v) is 14.6. The van der Waals surface area contributed by atoms with Crippen LogP contribution < -0.4 is 9.47 Å². The second kappa shape index (κ2) is 13.8. The molecule has 0 bridgehead atoms. The van der Waals surface area contributed by atoms with Crippen LogP contribution in [0.1, 0.15) is 63.8 Å². The molecule has 0 saturated carbocycles. The Morgan fingerprint density at radius 1 is 0.380 bits per heavy atom. The maximum atomic E-state index is 9.90. The van der Waals surface area contributed by atoms with Gasteiger partial charge in [0, 0.05) is 0 Å². The van der Waals surface area contributed by atoms with E-state index in [9.17, 15) is 10.5 Å². The molecule has 0 amide bonds. The van der Waals surface area contributed by atoms with Crippen LogP contribution in [0.3, 0.4) is 0 Å². The van der Waals surface area contributed by atoms with Gasteiger partial charge in [-0.05, 0) is 104 Å². The van der Waals surface area contributed by atoms with Crippen LogP contribution in [-0.2, 0) is 10.8 Å². The smallest absolute Gasteiger partial charge is 0.145 e. The number of benzene rings is 6. The SMILES string of the molecule is CC(C)(C)c1ccc(Oc2ccc(-c3ccc(-c4ccc(-c5ccc(Oc6ccc(C(C)(C)C)cc6)c(C#N)c5)cc4)cc3)cc2C#N)cc1. The number of rotatable bonds is 7. The number of hydrogen-bond donors (Lipinski definition) is 0. The molecule has 6 aromatic rings. The second-order valence-electron chi connectivity index (χ2n) is 14.6. The fourth-order valence-electron chi connectivity index (χ4n) is 5.78. The van der Waals surface area contributed by atoms with Crippen LogP contribution >= 0.6 is 0 Å². The van der Waals surface area contributed by atoms with Crippen LogP contribution in [0.15, 0.2) is 133 Å². The zero-order valence-electron chi connectivity index (χ0n) is 29.4. The largest absolute Gasteiger partial charge is 0.456 e. The first-order chi connectivity index (χ1) is 23.9.